The summed E-state index contributed by atoms with van der Waals surface area (Å²) in [7, 11) is 0. The van der Waals surface area contributed by atoms with Gasteiger partial charge in [0.2, 0.25) is 0 Å². The second-order valence-electron chi connectivity index (χ2n) is 6.44. The quantitative estimate of drug-likeness (QED) is 0.577. The number of carbonyl (C=O) groups is 1. The average molecular weight is 374 g/mol. The summed E-state index contributed by atoms with van der Waals surface area (Å²) in [5.41, 5.74) is 3.33. The first-order chi connectivity index (χ1) is 13.8. The molecule has 0 saturated carbocycles. The van der Waals surface area contributed by atoms with Gasteiger partial charge in [0, 0.05) is 30.4 Å². The maximum atomic E-state index is 12.7. The van der Waals surface area contributed by atoms with Crippen LogP contribution in [-0.4, -0.2) is 37.1 Å². The fourth-order valence-corrected chi connectivity index (χ4v) is 3.14. The minimum absolute atomic E-state index is 0.129. The fourth-order valence-electron chi connectivity index (χ4n) is 3.14. The number of aromatic nitrogens is 1. The van der Waals surface area contributed by atoms with Gasteiger partial charge in [-0.3, -0.25) is 4.79 Å². The van der Waals surface area contributed by atoms with Crippen molar-refractivity contribution in [2.45, 2.75) is 0 Å². The molecule has 0 unspecified atom stereocenters. The Morgan fingerprint density at radius 1 is 1.04 bits per heavy atom. The van der Waals surface area contributed by atoms with E-state index in [0.717, 1.165) is 41.5 Å². The lowest BCUT2D eigenvalue weighted by Gasteiger charge is -2.20. The topological polar surface area (TPSA) is 75.3 Å². The third kappa shape index (κ3) is 4.06. The molecule has 28 heavy (non-hydrogen) atoms. The van der Waals surface area contributed by atoms with Crippen LogP contribution in [-0.2, 0) is 0 Å². The molecular weight excluding hydrogens is 352 g/mol. The van der Waals surface area contributed by atoms with Crippen molar-refractivity contribution in [2.75, 3.05) is 36.9 Å². The zero-order chi connectivity index (χ0) is 19.2. The Morgan fingerprint density at radius 2 is 1.82 bits per heavy atom. The lowest BCUT2D eigenvalue weighted by Crippen LogP contribution is -2.28. The van der Waals surface area contributed by atoms with Crippen LogP contribution in [0.15, 0.2) is 66.9 Å². The van der Waals surface area contributed by atoms with E-state index < -0.39 is 0 Å². The van der Waals surface area contributed by atoms with Crippen LogP contribution in [0.5, 0.6) is 5.75 Å². The minimum Gasteiger partial charge on any atom is -0.492 e. The van der Waals surface area contributed by atoms with Crippen molar-refractivity contribution in [1.29, 1.82) is 0 Å². The molecule has 1 aliphatic heterocycles. The SMILES string of the molecule is O=C(NCCOc1ccccc1)c1ccccc1-c1cnc2c(c1)NCCN2. The maximum absolute atomic E-state index is 12.7. The van der Waals surface area contributed by atoms with Crippen molar-refractivity contribution in [3.63, 3.8) is 0 Å². The zero-order valence-corrected chi connectivity index (χ0v) is 15.4. The van der Waals surface area contributed by atoms with E-state index in [2.05, 4.69) is 20.9 Å². The van der Waals surface area contributed by atoms with Crippen LogP contribution in [0.1, 0.15) is 10.4 Å². The number of rotatable bonds is 6. The number of carbonyl (C=O) groups excluding carboxylic acids is 1. The molecule has 4 rings (SSSR count). The van der Waals surface area contributed by atoms with Crippen LogP contribution < -0.4 is 20.7 Å². The van der Waals surface area contributed by atoms with E-state index in [0.29, 0.717) is 18.7 Å². The molecule has 3 aromatic rings. The fraction of sp³-hybridized carbons (Fsp3) is 0.182. The third-order valence-electron chi connectivity index (χ3n) is 4.50. The Labute approximate surface area is 164 Å². The highest BCUT2D eigenvalue weighted by Gasteiger charge is 2.15. The molecule has 0 radical (unpaired) electrons. The Balaban J connectivity index is 1.44. The van der Waals surface area contributed by atoms with E-state index in [1.54, 1.807) is 6.20 Å². The van der Waals surface area contributed by atoms with Crippen molar-refractivity contribution in [1.82, 2.24) is 10.3 Å². The monoisotopic (exact) mass is 374 g/mol. The third-order valence-corrected chi connectivity index (χ3v) is 4.50. The van der Waals surface area contributed by atoms with Crippen molar-refractivity contribution >= 4 is 17.4 Å². The predicted octanol–water partition coefficient (Wildman–Crippen LogP) is 3.39. The summed E-state index contributed by atoms with van der Waals surface area (Å²) in [5, 5.41) is 9.53. The van der Waals surface area contributed by atoms with Gasteiger partial charge in [-0.1, -0.05) is 36.4 Å². The largest absolute Gasteiger partial charge is 0.492 e. The minimum atomic E-state index is -0.129. The number of nitrogens with one attached hydrogen (secondary N) is 3. The first kappa shape index (κ1) is 17.9. The molecule has 6 heteroatoms. The summed E-state index contributed by atoms with van der Waals surface area (Å²) < 4.78 is 5.63. The maximum Gasteiger partial charge on any atom is 0.252 e. The number of benzene rings is 2. The van der Waals surface area contributed by atoms with Gasteiger partial charge in [0.25, 0.3) is 5.91 Å². The number of anilines is 2. The molecule has 3 N–H and O–H groups in total. The summed E-state index contributed by atoms with van der Waals surface area (Å²) in [5.74, 6) is 1.50. The summed E-state index contributed by atoms with van der Waals surface area (Å²) in [6, 6.07) is 19.1. The Bertz CT molecular complexity index is 960. The summed E-state index contributed by atoms with van der Waals surface area (Å²) in [4.78, 5) is 17.2. The highest BCUT2D eigenvalue weighted by atomic mass is 16.5. The number of amides is 1. The van der Waals surface area contributed by atoms with Crippen molar-refractivity contribution < 1.29 is 9.53 Å². The van der Waals surface area contributed by atoms with E-state index >= 15 is 0 Å². The molecule has 2 aromatic carbocycles. The van der Waals surface area contributed by atoms with Crippen molar-refractivity contribution in [3.8, 4) is 16.9 Å². The van der Waals surface area contributed by atoms with Gasteiger partial charge >= 0.3 is 0 Å². The normalized spacial score (nSPS) is 12.3. The first-order valence-corrected chi connectivity index (χ1v) is 9.34. The lowest BCUT2D eigenvalue weighted by atomic mass is 10.00. The molecule has 0 aliphatic carbocycles. The standard InChI is InChI=1S/C22H22N4O2/c27-22(25-12-13-28-17-6-2-1-3-7-17)19-9-5-4-8-18(19)16-14-20-21(26-15-16)24-11-10-23-20/h1-9,14-15,23H,10-13H2,(H,24,26)(H,25,27). The summed E-state index contributed by atoms with van der Waals surface area (Å²) in [6.07, 6.45) is 1.80. The number of fused-ring (bicyclic) bond motifs is 1. The Kier molecular flexibility index (Phi) is 5.38. The molecule has 1 aliphatic rings. The molecule has 142 valence electrons. The Morgan fingerprint density at radius 3 is 2.71 bits per heavy atom. The average Bonchev–Trinajstić information content (AvgIpc) is 2.77. The van der Waals surface area contributed by atoms with Crippen LogP contribution in [0.25, 0.3) is 11.1 Å². The number of pyridine rings is 1. The van der Waals surface area contributed by atoms with E-state index in [1.165, 1.54) is 0 Å². The number of ether oxygens (including phenoxy) is 1. The zero-order valence-electron chi connectivity index (χ0n) is 15.4. The predicted molar refractivity (Wildman–Crippen MR) is 111 cm³/mol. The first-order valence-electron chi connectivity index (χ1n) is 9.34. The van der Waals surface area contributed by atoms with E-state index in [9.17, 15) is 4.79 Å². The number of para-hydroxylation sites is 1. The van der Waals surface area contributed by atoms with Gasteiger partial charge in [0.15, 0.2) is 0 Å². The molecule has 0 saturated heterocycles. The molecular formula is C22H22N4O2. The molecule has 1 amide bonds. The number of hydrogen-bond acceptors (Lipinski definition) is 5. The highest BCUT2D eigenvalue weighted by molar-refractivity contribution is 6.01. The van der Waals surface area contributed by atoms with E-state index in [4.69, 9.17) is 4.74 Å². The van der Waals surface area contributed by atoms with Gasteiger partial charge < -0.3 is 20.7 Å². The molecule has 0 fully saturated rings. The summed E-state index contributed by atoms with van der Waals surface area (Å²) in [6.45, 7) is 2.54. The van der Waals surface area contributed by atoms with Gasteiger partial charge in [-0.15, -0.1) is 0 Å². The van der Waals surface area contributed by atoms with Gasteiger partial charge in [-0.2, -0.15) is 0 Å². The van der Waals surface area contributed by atoms with Crippen molar-refractivity contribution in [2.24, 2.45) is 0 Å². The number of hydrogen-bond donors (Lipinski definition) is 3. The molecule has 1 aromatic heterocycles. The van der Waals surface area contributed by atoms with Crippen LogP contribution >= 0.6 is 0 Å². The number of nitrogens with zero attached hydrogens (tertiary/aromatic N) is 1. The van der Waals surface area contributed by atoms with Gasteiger partial charge in [0.05, 0.1) is 12.2 Å². The van der Waals surface area contributed by atoms with Crippen LogP contribution in [0.4, 0.5) is 11.5 Å². The smallest absolute Gasteiger partial charge is 0.252 e. The molecule has 0 atom stereocenters. The van der Waals surface area contributed by atoms with Gasteiger partial charge in [-0.05, 0) is 29.8 Å². The lowest BCUT2D eigenvalue weighted by molar-refractivity contribution is 0.0947. The molecule has 2 heterocycles. The van der Waals surface area contributed by atoms with Gasteiger partial charge in [0.1, 0.15) is 18.2 Å². The summed E-state index contributed by atoms with van der Waals surface area (Å²) >= 11 is 0. The highest BCUT2D eigenvalue weighted by Crippen LogP contribution is 2.30. The van der Waals surface area contributed by atoms with Crippen molar-refractivity contribution in [3.05, 3.63) is 72.4 Å². The molecule has 0 spiro atoms. The van der Waals surface area contributed by atoms with Crippen LogP contribution in [0.2, 0.25) is 0 Å². The molecule has 0 bridgehead atoms. The van der Waals surface area contributed by atoms with E-state index in [1.807, 2.05) is 60.7 Å². The molecule has 6 nitrogen and oxygen atoms in total. The second-order valence-corrected chi connectivity index (χ2v) is 6.44. The van der Waals surface area contributed by atoms with E-state index in [-0.39, 0.29) is 5.91 Å². The van der Waals surface area contributed by atoms with Gasteiger partial charge in [-0.25, -0.2) is 4.98 Å². The Hall–Kier alpha value is -3.54. The second kappa shape index (κ2) is 8.43. The van der Waals surface area contributed by atoms with Crippen LogP contribution in [0, 0.1) is 0 Å². The van der Waals surface area contributed by atoms with Crippen LogP contribution in [0.3, 0.4) is 0 Å².